The number of hydrogen-bond donors (Lipinski definition) is 2. The topological polar surface area (TPSA) is 58.2 Å². The quantitative estimate of drug-likeness (QED) is 0.347. The SMILES string of the molecule is Cc1cccc(C(=O)c2ccc(Nc3cc(Br)ccc3NC(=O)C(F)(F)F)c(Cl)c2)c1C. The number of rotatable bonds is 5. The maximum Gasteiger partial charge on any atom is 0.471 e. The molecule has 0 saturated carbocycles. The summed E-state index contributed by atoms with van der Waals surface area (Å²) in [6.45, 7) is 3.78. The first kappa shape index (κ1) is 23.8. The standard InChI is InChI=1S/C23H17BrClF3N2O2/c1-12-4-3-5-16(13(12)2)21(31)14-6-8-18(17(25)10-14)29-20-11-15(24)7-9-19(20)30-22(32)23(26,27)28/h3-11,29H,1-2H3,(H,30,32). The summed E-state index contributed by atoms with van der Waals surface area (Å²) < 4.78 is 38.5. The molecule has 3 rings (SSSR count). The summed E-state index contributed by atoms with van der Waals surface area (Å²) in [6, 6.07) is 14.4. The van der Waals surface area contributed by atoms with Crippen LogP contribution in [0, 0.1) is 13.8 Å². The number of amides is 1. The van der Waals surface area contributed by atoms with Crippen LogP contribution in [0.5, 0.6) is 0 Å². The largest absolute Gasteiger partial charge is 0.471 e. The Bertz CT molecular complexity index is 1210. The van der Waals surface area contributed by atoms with Gasteiger partial charge in [0.2, 0.25) is 0 Å². The summed E-state index contributed by atoms with van der Waals surface area (Å²) in [6.07, 6.45) is -5.03. The second-order valence-corrected chi connectivity index (χ2v) is 8.36. The number of aryl methyl sites for hydroxylation is 1. The molecule has 0 bridgehead atoms. The number of hydrogen-bond acceptors (Lipinski definition) is 3. The molecule has 32 heavy (non-hydrogen) atoms. The highest BCUT2D eigenvalue weighted by Crippen LogP contribution is 2.34. The van der Waals surface area contributed by atoms with Crippen LogP contribution >= 0.6 is 27.5 Å². The van der Waals surface area contributed by atoms with Crippen LogP contribution < -0.4 is 10.6 Å². The van der Waals surface area contributed by atoms with Crippen LogP contribution in [0.3, 0.4) is 0 Å². The lowest BCUT2D eigenvalue weighted by Gasteiger charge is -2.16. The predicted octanol–water partition coefficient (Wildman–Crippen LogP) is 7.19. The summed E-state index contributed by atoms with van der Waals surface area (Å²) in [7, 11) is 0. The van der Waals surface area contributed by atoms with Crippen LogP contribution in [-0.2, 0) is 4.79 Å². The van der Waals surface area contributed by atoms with Gasteiger partial charge in [-0.25, -0.2) is 0 Å². The number of nitrogens with one attached hydrogen (secondary N) is 2. The molecule has 0 aliphatic rings. The van der Waals surface area contributed by atoms with E-state index in [-0.39, 0.29) is 22.2 Å². The first-order valence-corrected chi connectivity index (χ1v) is 10.5. The average molecular weight is 526 g/mol. The van der Waals surface area contributed by atoms with Gasteiger partial charge in [0.25, 0.3) is 0 Å². The monoisotopic (exact) mass is 524 g/mol. The number of benzene rings is 3. The van der Waals surface area contributed by atoms with Gasteiger partial charge < -0.3 is 10.6 Å². The lowest BCUT2D eigenvalue weighted by atomic mass is 9.96. The normalized spacial score (nSPS) is 11.2. The van der Waals surface area contributed by atoms with E-state index >= 15 is 0 Å². The van der Waals surface area contributed by atoms with E-state index in [0.29, 0.717) is 21.3 Å². The minimum Gasteiger partial charge on any atom is -0.353 e. The molecule has 166 valence electrons. The number of carbonyl (C=O) groups excluding carboxylic acids is 2. The molecule has 0 aliphatic heterocycles. The van der Waals surface area contributed by atoms with E-state index in [9.17, 15) is 22.8 Å². The third kappa shape index (κ3) is 5.31. The summed E-state index contributed by atoms with van der Waals surface area (Å²) >= 11 is 9.61. The lowest BCUT2D eigenvalue weighted by molar-refractivity contribution is -0.167. The van der Waals surface area contributed by atoms with Crippen molar-refractivity contribution in [2.75, 3.05) is 10.6 Å². The molecule has 0 aliphatic carbocycles. The van der Waals surface area contributed by atoms with Gasteiger partial charge in [0.05, 0.1) is 22.1 Å². The van der Waals surface area contributed by atoms with Crippen molar-refractivity contribution in [1.82, 2.24) is 0 Å². The van der Waals surface area contributed by atoms with Crippen molar-refractivity contribution in [2.45, 2.75) is 20.0 Å². The molecule has 0 spiro atoms. The molecule has 0 fully saturated rings. The Morgan fingerprint density at radius 2 is 1.62 bits per heavy atom. The molecular weight excluding hydrogens is 509 g/mol. The van der Waals surface area contributed by atoms with Gasteiger partial charge in [-0.2, -0.15) is 13.2 Å². The Hall–Kier alpha value is -2.84. The van der Waals surface area contributed by atoms with E-state index in [2.05, 4.69) is 21.2 Å². The number of ketones is 1. The zero-order valence-electron chi connectivity index (χ0n) is 16.9. The molecule has 3 aromatic carbocycles. The van der Waals surface area contributed by atoms with Crippen LogP contribution in [0.4, 0.5) is 30.2 Å². The fourth-order valence-electron chi connectivity index (χ4n) is 2.98. The highest BCUT2D eigenvalue weighted by atomic mass is 79.9. The number of alkyl halides is 3. The number of anilines is 3. The fraction of sp³-hybridized carbons (Fsp3) is 0.130. The van der Waals surface area contributed by atoms with Crippen LogP contribution in [0.2, 0.25) is 5.02 Å². The van der Waals surface area contributed by atoms with Crippen LogP contribution in [0.15, 0.2) is 59.1 Å². The van der Waals surface area contributed by atoms with Crippen molar-refractivity contribution in [1.29, 1.82) is 0 Å². The smallest absolute Gasteiger partial charge is 0.353 e. The number of carbonyl (C=O) groups is 2. The molecular formula is C23H17BrClF3N2O2. The highest BCUT2D eigenvalue weighted by Gasteiger charge is 2.39. The zero-order chi connectivity index (χ0) is 23.6. The summed E-state index contributed by atoms with van der Waals surface area (Å²) in [5.74, 6) is -2.29. The van der Waals surface area contributed by atoms with Gasteiger partial charge in [-0.1, -0.05) is 45.7 Å². The van der Waals surface area contributed by atoms with E-state index in [1.807, 2.05) is 25.2 Å². The summed E-state index contributed by atoms with van der Waals surface area (Å²) in [5, 5.41) is 4.93. The molecule has 2 N–H and O–H groups in total. The van der Waals surface area contributed by atoms with Crippen molar-refractivity contribution in [3.8, 4) is 0 Å². The Balaban J connectivity index is 1.90. The molecule has 0 saturated heterocycles. The van der Waals surface area contributed by atoms with Gasteiger partial charge in [-0.05, 0) is 61.4 Å². The van der Waals surface area contributed by atoms with Crippen LogP contribution in [-0.4, -0.2) is 17.9 Å². The summed E-state index contributed by atoms with van der Waals surface area (Å²) in [4.78, 5) is 24.3. The lowest BCUT2D eigenvalue weighted by Crippen LogP contribution is -2.30. The minimum absolute atomic E-state index is 0.0814. The van der Waals surface area contributed by atoms with Crippen molar-refractivity contribution < 1.29 is 22.8 Å². The van der Waals surface area contributed by atoms with E-state index in [1.54, 1.807) is 24.3 Å². The van der Waals surface area contributed by atoms with E-state index in [1.165, 1.54) is 24.3 Å². The van der Waals surface area contributed by atoms with Gasteiger partial charge in [-0.3, -0.25) is 9.59 Å². The molecule has 0 aromatic heterocycles. The van der Waals surface area contributed by atoms with Crippen molar-refractivity contribution in [2.24, 2.45) is 0 Å². The van der Waals surface area contributed by atoms with E-state index in [4.69, 9.17) is 11.6 Å². The molecule has 1 amide bonds. The second-order valence-electron chi connectivity index (χ2n) is 7.04. The fourth-order valence-corrected chi connectivity index (χ4v) is 3.57. The van der Waals surface area contributed by atoms with E-state index in [0.717, 1.165) is 11.1 Å². The first-order chi connectivity index (χ1) is 15.0. The summed E-state index contributed by atoms with van der Waals surface area (Å²) in [5.41, 5.74) is 3.25. The number of halogens is 5. The third-order valence-corrected chi connectivity index (χ3v) is 5.64. The molecule has 9 heteroatoms. The highest BCUT2D eigenvalue weighted by molar-refractivity contribution is 9.10. The minimum atomic E-state index is -5.03. The molecule has 0 unspecified atom stereocenters. The maximum atomic E-state index is 12.9. The second kappa shape index (κ2) is 9.34. The van der Waals surface area contributed by atoms with Crippen LogP contribution in [0.1, 0.15) is 27.0 Å². The zero-order valence-corrected chi connectivity index (χ0v) is 19.2. The van der Waals surface area contributed by atoms with Crippen molar-refractivity contribution in [3.05, 3.63) is 86.3 Å². The Morgan fingerprint density at radius 3 is 2.28 bits per heavy atom. The van der Waals surface area contributed by atoms with Gasteiger partial charge in [-0.15, -0.1) is 0 Å². The maximum absolute atomic E-state index is 12.9. The predicted molar refractivity (Wildman–Crippen MR) is 123 cm³/mol. The third-order valence-electron chi connectivity index (χ3n) is 4.84. The van der Waals surface area contributed by atoms with Crippen molar-refractivity contribution >= 4 is 56.3 Å². The molecule has 0 atom stereocenters. The van der Waals surface area contributed by atoms with Gasteiger partial charge in [0, 0.05) is 15.6 Å². The van der Waals surface area contributed by atoms with Gasteiger partial charge in [0.1, 0.15) is 0 Å². The van der Waals surface area contributed by atoms with Crippen molar-refractivity contribution in [3.63, 3.8) is 0 Å². The molecule has 0 heterocycles. The van der Waals surface area contributed by atoms with Gasteiger partial charge >= 0.3 is 12.1 Å². The molecule has 4 nitrogen and oxygen atoms in total. The molecule has 3 aromatic rings. The Kier molecular flexibility index (Phi) is 6.95. The van der Waals surface area contributed by atoms with E-state index < -0.39 is 12.1 Å². The Morgan fingerprint density at radius 1 is 0.938 bits per heavy atom. The first-order valence-electron chi connectivity index (χ1n) is 9.32. The Labute approximate surface area is 195 Å². The van der Waals surface area contributed by atoms with Gasteiger partial charge in [0.15, 0.2) is 5.78 Å². The average Bonchev–Trinajstić information content (AvgIpc) is 2.72. The molecule has 0 radical (unpaired) electrons. The van der Waals surface area contributed by atoms with Crippen LogP contribution in [0.25, 0.3) is 0 Å².